The normalized spacial score (nSPS) is 5.50. The van der Waals surface area contributed by atoms with E-state index in [1.165, 1.54) is 14.3 Å². The first-order chi connectivity index (χ1) is 1.91. The van der Waals surface area contributed by atoms with Crippen molar-refractivity contribution in [3.63, 3.8) is 0 Å². The van der Waals surface area contributed by atoms with Gasteiger partial charge in [-0.15, -0.1) is 0 Å². The quantitative estimate of drug-likeness (QED) is 0.365. The third kappa shape index (κ3) is 2.13. The summed E-state index contributed by atoms with van der Waals surface area (Å²) in [5.74, 6) is 0. The molecule has 0 atom stereocenters. The summed E-state index contributed by atoms with van der Waals surface area (Å²) in [6.07, 6.45) is 0. The van der Waals surface area contributed by atoms with Crippen molar-refractivity contribution < 1.29 is 0 Å². The molecule has 0 N–H and O–H groups in total. The fraction of sp³-hybridized carbons (Fsp3) is 1.00. The topological polar surface area (TPSA) is 0 Å². The summed E-state index contributed by atoms with van der Waals surface area (Å²) in [5, 5.41) is 0. The van der Waals surface area contributed by atoms with Crippen LogP contribution in [0.15, 0.2) is 0 Å². The van der Waals surface area contributed by atoms with Crippen molar-refractivity contribution in [3.05, 3.63) is 0 Å². The van der Waals surface area contributed by atoms with Gasteiger partial charge >= 0.3 is 0 Å². The summed E-state index contributed by atoms with van der Waals surface area (Å²) < 4.78 is 0. The van der Waals surface area contributed by atoms with E-state index in [0.717, 1.165) is 0 Å². The first-order valence-electron chi connectivity index (χ1n) is 1.91. The van der Waals surface area contributed by atoms with E-state index in [1.807, 2.05) is 0 Å². The first kappa shape index (κ1) is 4.13. The summed E-state index contributed by atoms with van der Waals surface area (Å²) in [6.45, 7) is 4.36. The fourth-order valence-corrected chi connectivity index (χ4v) is 0. The van der Waals surface area contributed by atoms with Crippen LogP contribution in [0.2, 0.25) is 13.6 Å². The smallest absolute Gasteiger partial charge is 0.0823 e. The second-order valence-corrected chi connectivity index (χ2v) is 1.000. The highest BCUT2D eigenvalue weighted by Gasteiger charge is 1.65. The molecule has 0 aliphatic carbocycles. The van der Waals surface area contributed by atoms with Crippen LogP contribution >= 0.6 is 0 Å². The van der Waals surface area contributed by atoms with Gasteiger partial charge in [-0.05, 0) is 0 Å². The van der Waals surface area contributed by atoms with Gasteiger partial charge in [0.25, 0.3) is 0 Å². The lowest BCUT2D eigenvalue weighted by Gasteiger charge is -1.59. The second-order valence-electron chi connectivity index (χ2n) is 1.000. The third-order valence-electron chi connectivity index (χ3n) is 0.500. The molecule has 0 saturated heterocycles. The Labute approximate surface area is 29.1 Å². The predicted octanol–water partition coefficient (Wildman–Crippen LogP) is -0.129. The molecule has 0 amide bonds. The molecule has 4 heavy (non-hydrogen) atoms. The first-order valence-corrected chi connectivity index (χ1v) is 1.91. The van der Waals surface area contributed by atoms with E-state index in [1.54, 1.807) is 0 Å². The van der Waals surface area contributed by atoms with Crippen molar-refractivity contribution in [1.82, 2.24) is 0 Å². The van der Waals surface area contributed by atoms with Crippen molar-refractivity contribution in [2.75, 3.05) is 0 Å². The van der Waals surface area contributed by atoms with Gasteiger partial charge in [0.2, 0.25) is 0 Å². The molecule has 0 nitrogen and oxygen atoms in total. The Hall–Kier alpha value is 0.130. The molecule has 0 rings (SSSR count). The van der Waals surface area contributed by atoms with Crippen LogP contribution in [-0.4, -0.2) is 14.3 Å². The highest BCUT2D eigenvalue weighted by Crippen LogP contribution is 1.44. The highest BCUT2D eigenvalue weighted by molar-refractivity contribution is 6.99. The van der Waals surface area contributed by atoms with E-state index in [2.05, 4.69) is 13.6 Å². The fourth-order valence-electron chi connectivity index (χ4n) is 0. The van der Waals surface area contributed by atoms with Crippen LogP contribution in [-0.2, 0) is 0 Å². The number of hydrogen-bond acceptors (Lipinski definition) is 0. The monoisotopic (exact) mass is 54.1 g/mol. The largest absolute Gasteiger partial charge is 0.0958 e. The number of hydrogen-bond donors (Lipinski definition) is 0. The molecular formula is C2H8B2. The lowest BCUT2D eigenvalue weighted by atomic mass is 9.43. The molecule has 0 aromatic carbocycles. The summed E-state index contributed by atoms with van der Waals surface area (Å²) >= 11 is 0. The van der Waals surface area contributed by atoms with E-state index in [9.17, 15) is 0 Å². The Balaban J connectivity index is 1.97. The second kappa shape index (κ2) is 3.13. The molecule has 0 fully saturated rings. The molecule has 0 radical (unpaired) electrons. The number of rotatable bonds is 1. The van der Waals surface area contributed by atoms with Gasteiger partial charge < -0.3 is 0 Å². The minimum Gasteiger partial charge on any atom is -0.0958 e. The van der Waals surface area contributed by atoms with E-state index < -0.39 is 0 Å². The van der Waals surface area contributed by atoms with Crippen molar-refractivity contribution in [2.45, 2.75) is 13.6 Å². The Bertz CT molecular complexity index is 6.00. The molecule has 0 heterocycles. The summed E-state index contributed by atoms with van der Waals surface area (Å²) in [6, 6.07) is 0. The van der Waals surface area contributed by atoms with Crippen molar-refractivity contribution in [2.24, 2.45) is 0 Å². The Morgan fingerprint density at radius 2 is 1.25 bits per heavy atom. The molecule has 0 bridgehead atoms. The van der Waals surface area contributed by atoms with Crippen LogP contribution in [0.1, 0.15) is 0 Å². The van der Waals surface area contributed by atoms with Crippen LogP contribution in [0.5, 0.6) is 0 Å². The van der Waals surface area contributed by atoms with Crippen molar-refractivity contribution >= 4 is 14.3 Å². The predicted molar refractivity (Wildman–Crippen MR) is 26.0 cm³/mol. The van der Waals surface area contributed by atoms with Crippen LogP contribution in [0.3, 0.4) is 0 Å². The maximum atomic E-state index is 2.18. The molecule has 22 valence electrons. The Morgan fingerprint density at radius 1 is 1.00 bits per heavy atom. The lowest BCUT2D eigenvalue weighted by molar-refractivity contribution is 2.29. The molecule has 0 aromatic heterocycles. The maximum Gasteiger partial charge on any atom is 0.0823 e. The molecule has 0 spiro atoms. The lowest BCUT2D eigenvalue weighted by Crippen LogP contribution is -1.86. The van der Waals surface area contributed by atoms with Gasteiger partial charge in [0, 0.05) is 0 Å². The van der Waals surface area contributed by atoms with Gasteiger partial charge in [0.05, 0.1) is 14.3 Å². The summed E-state index contributed by atoms with van der Waals surface area (Å²) in [4.78, 5) is 0. The average molecular weight is 53.7 g/mol. The molecule has 0 unspecified atom stereocenters. The maximum absolute atomic E-state index is 2.18. The zero-order valence-corrected chi connectivity index (χ0v) is 3.41. The van der Waals surface area contributed by atoms with Crippen molar-refractivity contribution in [3.8, 4) is 0 Å². The molecule has 0 saturated carbocycles. The van der Waals surface area contributed by atoms with Crippen LogP contribution in [0.25, 0.3) is 0 Å². The average Bonchev–Trinajstić information content (AvgIpc) is 1.37. The summed E-state index contributed by atoms with van der Waals surface area (Å²) in [5.41, 5.74) is 0. The molecule has 0 aliphatic rings. The zero-order chi connectivity index (χ0) is 3.41. The molecule has 0 aliphatic heterocycles. The van der Waals surface area contributed by atoms with Gasteiger partial charge in [-0.3, -0.25) is 0 Å². The van der Waals surface area contributed by atoms with Gasteiger partial charge in [-0.2, -0.15) is 0 Å². The molecule has 0 aromatic rings. The van der Waals surface area contributed by atoms with E-state index in [-0.39, 0.29) is 0 Å². The van der Waals surface area contributed by atoms with Gasteiger partial charge in [-0.1, -0.05) is 13.6 Å². The SMILES string of the molecule is CBBC. The van der Waals surface area contributed by atoms with E-state index >= 15 is 0 Å². The Kier molecular flexibility index (Phi) is 3.23. The molecular weight excluding hydrogens is 45.6 g/mol. The van der Waals surface area contributed by atoms with E-state index in [4.69, 9.17) is 0 Å². The van der Waals surface area contributed by atoms with Gasteiger partial charge in [-0.25, -0.2) is 0 Å². The van der Waals surface area contributed by atoms with Gasteiger partial charge in [0.15, 0.2) is 0 Å². The van der Waals surface area contributed by atoms with Crippen LogP contribution in [0, 0.1) is 0 Å². The van der Waals surface area contributed by atoms with E-state index in [0.29, 0.717) is 0 Å². The minimum atomic E-state index is 1.32. The third-order valence-corrected chi connectivity index (χ3v) is 0.500. The van der Waals surface area contributed by atoms with Gasteiger partial charge in [0.1, 0.15) is 0 Å². The minimum absolute atomic E-state index is 1.32. The highest BCUT2D eigenvalue weighted by atomic mass is 12.9. The molecule has 2 heteroatoms. The Morgan fingerprint density at radius 3 is 1.25 bits per heavy atom. The summed E-state index contributed by atoms with van der Waals surface area (Å²) in [7, 11) is 2.64. The zero-order valence-electron chi connectivity index (χ0n) is 3.41. The van der Waals surface area contributed by atoms with Crippen LogP contribution < -0.4 is 0 Å². The van der Waals surface area contributed by atoms with Crippen molar-refractivity contribution in [1.29, 1.82) is 0 Å². The standard InChI is InChI=1S/C2H8B2/c1-3-4-2/h3-4H,1-2H3. The van der Waals surface area contributed by atoms with Crippen LogP contribution in [0.4, 0.5) is 0 Å².